The predicted molar refractivity (Wildman–Crippen MR) is 62.2 cm³/mol. The number of carbonyl (C=O) groups is 1. The van der Waals surface area contributed by atoms with Crippen LogP contribution in [-0.4, -0.2) is 41.5 Å². The lowest BCUT2D eigenvalue weighted by Crippen LogP contribution is -2.41. The van der Waals surface area contributed by atoms with E-state index >= 15 is 0 Å². The molecule has 0 radical (unpaired) electrons. The van der Waals surface area contributed by atoms with Crippen molar-refractivity contribution in [3.05, 3.63) is 30.1 Å². The number of nitrogens with zero attached hydrogens (tertiary/aromatic N) is 2. The summed E-state index contributed by atoms with van der Waals surface area (Å²) in [5.41, 5.74) is 0.726. The van der Waals surface area contributed by atoms with Gasteiger partial charge in [-0.1, -0.05) is 0 Å². The molecule has 1 aliphatic heterocycles. The van der Waals surface area contributed by atoms with Crippen LogP contribution in [0.4, 0.5) is 0 Å². The molecule has 2 rings (SSSR count). The van der Waals surface area contributed by atoms with Crippen molar-refractivity contribution in [2.75, 3.05) is 19.6 Å². The topological polar surface area (TPSA) is 45.2 Å². The molecular formula is C12H17N3O. The van der Waals surface area contributed by atoms with E-state index in [1.807, 2.05) is 4.90 Å². The van der Waals surface area contributed by atoms with Crippen LogP contribution in [0.2, 0.25) is 0 Å². The molecule has 1 saturated heterocycles. The zero-order valence-electron chi connectivity index (χ0n) is 9.52. The van der Waals surface area contributed by atoms with Gasteiger partial charge in [-0.05, 0) is 32.0 Å². The highest BCUT2D eigenvalue weighted by Crippen LogP contribution is 2.10. The second-order valence-corrected chi connectivity index (χ2v) is 4.14. The molecule has 0 aromatic carbocycles. The van der Waals surface area contributed by atoms with Gasteiger partial charge in [0.25, 0.3) is 5.91 Å². The fraction of sp³-hybridized carbons (Fsp3) is 0.500. The summed E-state index contributed by atoms with van der Waals surface area (Å²) in [6.07, 6.45) is 4.34. The molecule has 1 amide bonds. The van der Waals surface area contributed by atoms with Crippen LogP contribution in [-0.2, 0) is 0 Å². The van der Waals surface area contributed by atoms with Gasteiger partial charge < -0.3 is 10.2 Å². The van der Waals surface area contributed by atoms with E-state index in [1.54, 1.807) is 24.5 Å². The predicted octanol–water partition coefficient (Wildman–Crippen LogP) is 0.906. The van der Waals surface area contributed by atoms with Gasteiger partial charge in [-0.25, -0.2) is 0 Å². The lowest BCUT2D eigenvalue weighted by Gasteiger charge is -2.26. The van der Waals surface area contributed by atoms with Crippen LogP contribution in [0.5, 0.6) is 0 Å². The number of pyridine rings is 1. The van der Waals surface area contributed by atoms with E-state index in [1.165, 1.54) is 0 Å². The van der Waals surface area contributed by atoms with Crippen molar-refractivity contribution >= 4 is 5.91 Å². The van der Waals surface area contributed by atoms with Crippen LogP contribution in [0.1, 0.15) is 23.7 Å². The van der Waals surface area contributed by atoms with Gasteiger partial charge in [-0.15, -0.1) is 0 Å². The number of hydrogen-bond donors (Lipinski definition) is 1. The van der Waals surface area contributed by atoms with Crippen molar-refractivity contribution < 1.29 is 4.79 Å². The summed E-state index contributed by atoms with van der Waals surface area (Å²) in [4.78, 5) is 18.1. The normalized spacial score (nSPS) is 21.6. The molecule has 1 aliphatic rings. The number of amides is 1. The summed E-state index contributed by atoms with van der Waals surface area (Å²) in [5.74, 6) is 0.110. The zero-order chi connectivity index (χ0) is 11.4. The molecule has 4 nitrogen and oxygen atoms in total. The van der Waals surface area contributed by atoms with Crippen molar-refractivity contribution in [3.8, 4) is 0 Å². The SMILES string of the molecule is CC1CNCCCN1C(=O)c1ccncc1. The molecule has 1 atom stereocenters. The van der Waals surface area contributed by atoms with Gasteiger partial charge in [0, 0.05) is 37.1 Å². The summed E-state index contributed by atoms with van der Waals surface area (Å²) >= 11 is 0. The second kappa shape index (κ2) is 5.07. The van der Waals surface area contributed by atoms with E-state index in [0.29, 0.717) is 0 Å². The molecule has 2 heterocycles. The van der Waals surface area contributed by atoms with E-state index in [4.69, 9.17) is 0 Å². The Balaban J connectivity index is 2.14. The van der Waals surface area contributed by atoms with Crippen molar-refractivity contribution in [3.63, 3.8) is 0 Å². The standard InChI is InChI=1S/C12H17N3O/c1-10-9-14-5-2-8-15(10)12(16)11-3-6-13-7-4-11/h3-4,6-7,10,14H,2,5,8-9H2,1H3. The minimum atomic E-state index is 0.110. The van der Waals surface area contributed by atoms with Crippen molar-refractivity contribution in [1.29, 1.82) is 0 Å². The number of rotatable bonds is 1. The van der Waals surface area contributed by atoms with E-state index in [-0.39, 0.29) is 11.9 Å². The molecule has 4 heteroatoms. The Morgan fingerprint density at radius 1 is 1.50 bits per heavy atom. The highest BCUT2D eigenvalue weighted by Gasteiger charge is 2.22. The van der Waals surface area contributed by atoms with Crippen molar-refractivity contribution in [2.24, 2.45) is 0 Å². The van der Waals surface area contributed by atoms with E-state index in [0.717, 1.165) is 31.6 Å². The smallest absolute Gasteiger partial charge is 0.254 e. The summed E-state index contributed by atoms with van der Waals surface area (Å²) < 4.78 is 0. The van der Waals surface area contributed by atoms with Crippen LogP contribution < -0.4 is 5.32 Å². The molecule has 0 aliphatic carbocycles. The fourth-order valence-corrected chi connectivity index (χ4v) is 1.98. The molecule has 1 aromatic rings. The van der Waals surface area contributed by atoms with E-state index < -0.39 is 0 Å². The first-order valence-electron chi connectivity index (χ1n) is 5.71. The Hall–Kier alpha value is -1.42. The third kappa shape index (κ3) is 2.39. The van der Waals surface area contributed by atoms with Gasteiger partial charge in [-0.2, -0.15) is 0 Å². The molecule has 1 unspecified atom stereocenters. The molecule has 0 saturated carbocycles. The van der Waals surface area contributed by atoms with Gasteiger partial charge in [-0.3, -0.25) is 9.78 Å². The third-order valence-corrected chi connectivity index (χ3v) is 2.91. The summed E-state index contributed by atoms with van der Waals surface area (Å²) in [6, 6.07) is 3.80. The average Bonchev–Trinajstić information content (AvgIpc) is 2.54. The monoisotopic (exact) mass is 219 g/mol. The highest BCUT2D eigenvalue weighted by atomic mass is 16.2. The van der Waals surface area contributed by atoms with E-state index in [2.05, 4.69) is 17.2 Å². The zero-order valence-corrected chi connectivity index (χ0v) is 9.52. The molecule has 0 bridgehead atoms. The maximum absolute atomic E-state index is 12.2. The summed E-state index contributed by atoms with van der Waals surface area (Å²) in [5, 5.41) is 3.33. The number of carbonyl (C=O) groups excluding carboxylic acids is 1. The minimum absolute atomic E-state index is 0.110. The largest absolute Gasteiger partial charge is 0.335 e. The number of aromatic nitrogens is 1. The van der Waals surface area contributed by atoms with Gasteiger partial charge in [0.05, 0.1) is 0 Å². The van der Waals surface area contributed by atoms with Gasteiger partial charge in [0.2, 0.25) is 0 Å². The van der Waals surface area contributed by atoms with Gasteiger partial charge in [0.15, 0.2) is 0 Å². The van der Waals surface area contributed by atoms with Crippen molar-refractivity contribution in [1.82, 2.24) is 15.2 Å². The number of nitrogens with one attached hydrogen (secondary N) is 1. The quantitative estimate of drug-likeness (QED) is 0.763. The summed E-state index contributed by atoms with van der Waals surface area (Å²) in [6.45, 7) is 4.77. The Labute approximate surface area is 95.7 Å². The first kappa shape index (κ1) is 11.1. The molecule has 1 fully saturated rings. The lowest BCUT2D eigenvalue weighted by molar-refractivity contribution is 0.0707. The Morgan fingerprint density at radius 3 is 3.00 bits per heavy atom. The average molecular weight is 219 g/mol. The Morgan fingerprint density at radius 2 is 2.25 bits per heavy atom. The van der Waals surface area contributed by atoms with E-state index in [9.17, 15) is 4.79 Å². The van der Waals surface area contributed by atoms with Crippen LogP contribution in [0.3, 0.4) is 0 Å². The van der Waals surface area contributed by atoms with Crippen molar-refractivity contribution in [2.45, 2.75) is 19.4 Å². The van der Waals surface area contributed by atoms with Crippen LogP contribution in [0.25, 0.3) is 0 Å². The highest BCUT2D eigenvalue weighted by molar-refractivity contribution is 5.94. The molecule has 86 valence electrons. The molecule has 0 spiro atoms. The summed E-state index contributed by atoms with van der Waals surface area (Å²) in [7, 11) is 0. The first-order chi connectivity index (χ1) is 7.79. The van der Waals surface area contributed by atoms with Gasteiger partial charge >= 0.3 is 0 Å². The first-order valence-corrected chi connectivity index (χ1v) is 5.71. The second-order valence-electron chi connectivity index (χ2n) is 4.14. The lowest BCUT2D eigenvalue weighted by atomic mass is 10.2. The third-order valence-electron chi connectivity index (χ3n) is 2.91. The Kier molecular flexibility index (Phi) is 3.51. The van der Waals surface area contributed by atoms with Gasteiger partial charge in [0.1, 0.15) is 0 Å². The van der Waals surface area contributed by atoms with Crippen LogP contribution >= 0.6 is 0 Å². The van der Waals surface area contributed by atoms with Crippen LogP contribution in [0.15, 0.2) is 24.5 Å². The maximum Gasteiger partial charge on any atom is 0.254 e. The molecular weight excluding hydrogens is 202 g/mol. The molecule has 1 N–H and O–H groups in total. The minimum Gasteiger partial charge on any atom is -0.335 e. The van der Waals surface area contributed by atoms with Crippen LogP contribution in [0, 0.1) is 0 Å². The fourth-order valence-electron chi connectivity index (χ4n) is 1.98. The maximum atomic E-state index is 12.2. The number of hydrogen-bond acceptors (Lipinski definition) is 3. The molecule has 1 aromatic heterocycles. The molecule has 16 heavy (non-hydrogen) atoms. The Bertz CT molecular complexity index is 353.